The van der Waals surface area contributed by atoms with Crippen molar-refractivity contribution in [1.29, 1.82) is 0 Å². The van der Waals surface area contributed by atoms with Gasteiger partial charge in [-0.2, -0.15) is 0 Å². The predicted molar refractivity (Wildman–Crippen MR) is 67.2 cm³/mol. The van der Waals surface area contributed by atoms with E-state index >= 15 is 0 Å². The summed E-state index contributed by atoms with van der Waals surface area (Å²) in [6, 6.07) is 2.81. The normalized spacial score (nSPS) is 18.4. The van der Waals surface area contributed by atoms with Crippen LogP contribution in [0.4, 0.5) is 14.5 Å². The number of carboxylic acid groups (broad SMARTS) is 1. The Labute approximate surface area is 110 Å². The number of halogens is 2. The summed E-state index contributed by atoms with van der Waals surface area (Å²) in [5, 5.41) is 8.93. The van der Waals surface area contributed by atoms with Crippen LogP contribution in [0.1, 0.15) is 6.92 Å². The highest BCUT2D eigenvalue weighted by Gasteiger charge is 2.26. The molecule has 0 spiro atoms. The Morgan fingerprint density at radius 1 is 1.26 bits per heavy atom. The molecule has 6 heteroatoms. The van der Waals surface area contributed by atoms with Crippen LogP contribution < -0.4 is 4.90 Å². The zero-order valence-electron chi connectivity index (χ0n) is 10.6. The number of rotatable bonds is 3. The van der Waals surface area contributed by atoms with Crippen LogP contribution in [0.3, 0.4) is 0 Å². The average Bonchev–Trinajstić information content (AvgIpc) is 2.41. The van der Waals surface area contributed by atoms with Gasteiger partial charge in [-0.25, -0.2) is 8.78 Å². The lowest BCUT2D eigenvalue weighted by molar-refractivity contribution is -0.142. The second-order valence-corrected chi connectivity index (χ2v) is 4.63. The number of carbonyl (C=O) groups is 1. The molecule has 0 bridgehead atoms. The fourth-order valence-corrected chi connectivity index (χ4v) is 2.23. The van der Waals surface area contributed by atoms with Gasteiger partial charge < -0.3 is 10.0 Å². The van der Waals surface area contributed by atoms with Gasteiger partial charge >= 0.3 is 5.97 Å². The summed E-state index contributed by atoms with van der Waals surface area (Å²) < 4.78 is 26.8. The van der Waals surface area contributed by atoms with Crippen molar-refractivity contribution in [3.05, 3.63) is 29.8 Å². The van der Waals surface area contributed by atoms with Crippen LogP contribution in [0.2, 0.25) is 0 Å². The van der Waals surface area contributed by atoms with Crippen molar-refractivity contribution in [3.8, 4) is 0 Å². The third-order valence-corrected chi connectivity index (χ3v) is 3.47. The maximum absolute atomic E-state index is 13.6. The number of benzene rings is 1. The topological polar surface area (TPSA) is 43.8 Å². The molecule has 0 amide bonds. The minimum Gasteiger partial charge on any atom is -0.480 e. The van der Waals surface area contributed by atoms with E-state index < -0.39 is 23.6 Å². The van der Waals surface area contributed by atoms with E-state index in [0.717, 1.165) is 12.1 Å². The molecule has 0 saturated carbocycles. The Morgan fingerprint density at radius 2 is 1.89 bits per heavy atom. The lowest BCUT2D eigenvalue weighted by Crippen LogP contribution is -2.52. The number of hydrogen-bond donors (Lipinski definition) is 1. The Balaban J connectivity index is 2.04. The molecular weight excluding hydrogens is 254 g/mol. The molecule has 1 heterocycles. The van der Waals surface area contributed by atoms with E-state index in [-0.39, 0.29) is 5.69 Å². The zero-order valence-corrected chi connectivity index (χ0v) is 10.6. The summed E-state index contributed by atoms with van der Waals surface area (Å²) in [4.78, 5) is 14.4. The van der Waals surface area contributed by atoms with Gasteiger partial charge in [-0.05, 0) is 19.1 Å². The fraction of sp³-hybridized carbons (Fsp3) is 0.462. The van der Waals surface area contributed by atoms with E-state index in [1.807, 2.05) is 4.90 Å². The van der Waals surface area contributed by atoms with Crippen molar-refractivity contribution in [2.75, 3.05) is 31.1 Å². The van der Waals surface area contributed by atoms with Crippen LogP contribution in [0.15, 0.2) is 18.2 Å². The maximum Gasteiger partial charge on any atom is 0.320 e. The molecule has 1 aromatic carbocycles. The molecule has 1 saturated heterocycles. The summed E-state index contributed by atoms with van der Waals surface area (Å²) in [7, 11) is 0. The highest BCUT2D eigenvalue weighted by molar-refractivity contribution is 5.72. The molecule has 4 nitrogen and oxygen atoms in total. The quantitative estimate of drug-likeness (QED) is 0.905. The van der Waals surface area contributed by atoms with Crippen LogP contribution in [-0.2, 0) is 4.79 Å². The second kappa shape index (κ2) is 5.52. The van der Waals surface area contributed by atoms with E-state index in [0.29, 0.717) is 26.2 Å². The minimum absolute atomic E-state index is 0.239. The molecule has 1 aliphatic heterocycles. The Hall–Kier alpha value is -1.69. The molecule has 2 rings (SSSR count). The van der Waals surface area contributed by atoms with Crippen LogP contribution in [0.25, 0.3) is 0 Å². The Morgan fingerprint density at radius 3 is 2.47 bits per heavy atom. The highest BCUT2D eigenvalue weighted by atomic mass is 19.1. The molecule has 1 fully saturated rings. The molecule has 0 radical (unpaired) electrons. The highest BCUT2D eigenvalue weighted by Crippen LogP contribution is 2.22. The first-order valence-corrected chi connectivity index (χ1v) is 6.16. The van der Waals surface area contributed by atoms with Crippen LogP contribution in [0.5, 0.6) is 0 Å². The largest absolute Gasteiger partial charge is 0.480 e. The minimum atomic E-state index is -0.870. The van der Waals surface area contributed by atoms with Crippen molar-refractivity contribution < 1.29 is 18.7 Å². The first kappa shape index (κ1) is 13.7. The van der Waals surface area contributed by atoms with E-state index in [4.69, 9.17) is 5.11 Å². The van der Waals surface area contributed by atoms with E-state index in [1.54, 1.807) is 11.8 Å². The number of hydrogen-bond acceptors (Lipinski definition) is 3. The van der Waals surface area contributed by atoms with E-state index in [2.05, 4.69) is 0 Å². The maximum atomic E-state index is 13.6. The fourth-order valence-electron chi connectivity index (χ4n) is 2.23. The van der Waals surface area contributed by atoms with E-state index in [9.17, 15) is 13.6 Å². The molecule has 1 atom stereocenters. The summed E-state index contributed by atoms with van der Waals surface area (Å²) in [5.74, 6) is -1.80. The number of nitrogens with zero attached hydrogens (tertiary/aromatic N) is 2. The first-order chi connectivity index (χ1) is 8.99. The molecule has 104 valence electrons. The molecule has 1 N–H and O–H groups in total. The lowest BCUT2D eigenvalue weighted by Gasteiger charge is -2.37. The number of piperazine rings is 1. The Bertz CT molecular complexity index is 474. The molecule has 19 heavy (non-hydrogen) atoms. The summed E-state index contributed by atoms with van der Waals surface area (Å²) in [5.41, 5.74) is 0.239. The second-order valence-electron chi connectivity index (χ2n) is 4.63. The van der Waals surface area contributed by atoms with Crippen molar-refractivity contribution in [2.24, 2.45) is 0 Å². The van der Waals surface area contributed by atoms with Crippen molar-refractivity contribution >= 4 is 11.7 Å². The van der Waals surface area contributed by atoms with Gasteiger partial charge in [-0.15, -0.1) is 0 Å². The zero-order chi connectivity index (χ0) is 14.0. The lowest BCUT2D eigenvalue weighted by atomic mass is 10.2. The summed E-state index contributed by atoms with van der Waals surface area (Å²) >= 11 is 0. The van der Waals surface area contributed by atoms with Gasteiger partial charge in [0.25, 0.3) is 0 Å². The molecular formula is C13H16F2N2O2. The Kier molecular flexibility index (Phi) is 3.99. The SMILES string of the molecule is C[C@@H](C(=O)O)N1CCN(c2cc(F)ccc2F)CC1. The number of aliphatic carboxylic acids is 1. The van der Waals surface area contributed by atoms with Crippen LogP contribution >= 0.6 is 0 Å². The van der Waals surface area contributed by atoms with Gasteiger partial charge in [0.15, 0.2) is 0 Å². The average molecular weight is 270 g/mol. The van der Waals surface area contributed by atoms with Gasteiger partial charge in [0.1, 0.15) is 17.7 Å². The molecule has 1 aliphatic rings. The molecule has 0 aromatic heterocycles. The summed E-state index contributed by atoms with van der Waals surface area (Å²) in [6.45, 7) is 3.63. The summed E-state index contributed by atoms with van der Waals surface area (Å²) in [6.07, 6.45) is 0. The van der Waals surface area contributed by atoms with Crippen molar-refractivity contribution in [1.82, 2.24) is 4.90 Å². The van der Waals surface area contributed by atoms with Gasteiger partial charge in [0, 0.05) is 32.2 Å². The van der Waals surface area contributed by atoms with Gasteiger partial charge in [-0.3, -0.25) is 9.69 Å². The van der Waals surface area contributed by atoms with Crippen LogP contribution in [0, 0.1) is 11.6 Å². The predicted octanol–water partition coefficient (Wildman–Crippen LogP) is 1.56. The number of anilines is 1. The standard InChI is InChI=1S/C13H16F2N2O2/c1-9(13(18)19)16-4-6-17(7-5-16)12-8-10(14)2-3-11(12)15/h2-3,8-9H,4-7H2,1H3,(H,18,19)/t9-/m0/s1. The van der Waals surface area contributed by atoms with Crippen LogP contribution in [-0.4, -0.2) is 48.2 Å². The molecule has 1 aromatic rings. The smallest absolute Gasteiger partial charge is 0.320 e. The first-order valence-electron chi connectivity index (χ1n) is 6.16. The van der Waals surface area contributed by atoms with Crippen molar-refractivity contribution in [3.63, 3.8) is 0 Å². The monoisotopic (exact) mass is 270 g/mol. The van der Waals surface area contributed by atoms with Gasteiger partial charge in [0.05, 0.1) is 5.69 Å². The third kappa shape index (κ3) is 3.01. The van der Waals surface area contributed by atoms with Gasteiger partial charge in [-0.1, -0.05) is 0 Å². The van der Waals surface area contributed by atoms with Gasteiger partial charge in [0.2, 0.25) is 0 Å². The van der Waals surface area contributed by atoms with E-state index in [1.165, 1.54) is 6.07 Å². The number of carboxylic acids is 1. The molecule has 0 aliphatic carbocycles. The molecule has 0 unspecified atom stereocenters. The van der Waals surface area contributed by atoms with Crippen molar-refractivity contribution in [2.45, 2.75) is 13.0 Å². The third-order valence-electron chi connectivity index (χ3n) is 3.47.